The summed E-state index contributed by atoms with van der Waals surface area (Å²) in [6, 6.07) is 20.6. The van der Waals surface area contributed by atoms with Crippen LogP contribution in [0.5, 0.6) is 0 Å². The molecule has 1 aliphatic carbocycles. The van der Waals surface area contributed by atoms with E-state index in [1.165, 1.54) is 17.0 Å². The highest BCUT2D eigenvalue weighted by molar-refractivity contribution is 7.92. The molecule has 0 radical (unpaired) electrons. The Morgan fingerprint density at radius 1 is 0.900 bits per heavy atom. The molecule has 3 aromatic carbocycles. The van der Waals surface area contributed by atoms with Gasteiger partial charge in [-0.25, -0.2) is 8.42 Å². The van der Waals surface area contributed by atoms with Gasteiger partial charge in [0, 0.05) is 12.6 Å². The third kappa shape index (κ3) is 6.91. The number of aryl methyl sites for hydroxylation is 3. The number of hydrogen-bond donors (Lipinski definition) is 1. The van der Waals surface area contributed by atoms with Crippen molar-refractivity contribution in [2.45, 2.75) is 76.9 Å². The first-order chi connectivity index (χ1) is 19.1. The molecule has 0 spiro atoms. The maximum absolute atomic E-state index is 14.1. The monoisotopic (exact) mass is 561 g/mol. The molecule has 0 saturated heterocycles. The number of nitrogens with zero attached hydrogens (tertiary/aromatic N) is 2. The summed E-state index contributed by atoms with van der Waals surface area (Å²) >= 11 is 0. The van der Waals surface area contributed by atoms with Gasteiger partial charge in [0.2, 0.25) is 11.8 Å². The summed E-state index contributed by atoms with van der Waals surface area (Å²) in [5, 5.41) is 3.10. The Morgan fingerprint density at radius 3 is 2.25 bits per heavy atom. The van der Waals surface area contributed by atoms with Crippen LogP contribution in [0.25, 0.3) is 0 Å². The second kappa shape index (κ2) is 12.7. The van der Waals surface area contributed by atoms with E-state index >= 15 is 0 Å². The average Bonchev–Trinajstić information content (AvgIpc) is 3.45. The number of carbonyl (C=O) groups is 2. The maximum atomic E-state index is 14.1. The Morgan fingerprint density at radius 2 is 1.60 bits per heavy atom. The van der Waals surface area contributed by atoms with E-state index < -0.39 is 28.5 Å². The topological polar surface area (TPSA) is 86.8 Å². The highest BCUT2D eigenvalue weighted by atomic mass is 32.2. The molecule has 7 nitrogen and oxygen atoms in total. The van der Waals surface area contributed by atoms with Crippen LogP contribution in [0.1, 0.15) is 54.9 Å². The number of carbonyl (C=O) groups excluding carboxylic acids is 2. The molecule has 1 saturated carbocycles. The number of hydrogen-bond acceptors (Lipinski definition) is 4. The smallest absolute Gasteiger partial charge is 0.264 e. The van der Waals surface area contributed by atoms with Crippen LogP contribution < -0.4 is 9.62 Å². The Bertz CT molecular complexity index is 1450. The van der Waals surface area contributed by atoms with Crippen molar-refractivity contribution in [2.24, 2.45) is 0 Å². The van der Waals surface area contributed by atoms with Gasteiger partial charge in [0.1, 0.15) is 12.6 Å². The largest absolute Gasteiger partial charge is 0.352 e. The zero-order valence-electron chi connectivity index (χ0n) is 23.8. The second-order valence-corrected chi connectivity index (χ2v) is 12.6. The lowest BCUT2D eigenvalue weighted by molar-refractivity contribution is -0.139. The van der Waals surface area contributed by atoms with Crippen molar-refractivity contribution >= 4 is 27.5 Å². The highest BCUT2D eigenvalue weighted by Crippen LogP contribution is 2.27. The highest BCUT2D eigenvalue weighted by Gasteiger charge is 2.33. The van der Waals surface area contributed by atoms with E-state index in [4.69, 9.17) is 0 Å². The first-order valence-electron chi connectivity index (χ1n) is 13.9. The Hall–Kier alpha value is -3.65. The first-order valence-corrected chi connectivity index (χ1v) is 15.3. The lowest BCUT2D eigenvalue weighted by Gasteiger charge is -2.32. The number of nitrogens with one attached hydrogen (secondary N) is 1. The van der Waals surface area contributed by atoms with E-state index in [9.17, 15) is 18.0 Å². The lowest BCUT2D eigenvalue weighted by Crippen LogP contribution is -2.52. The fourth-order valence-corrected chi connectivity index (χ4v) is 6.54. The molecular weight excluding hydrogens is 522 g/mol. The molecule has 0 bridgehead atoms. The molecule has 0 aromatic heterocycles. The molecule has 0 unspecified atom stereocenters. The van der Waals surface area contributed by atoms with E-state index in [0.717, 1.165) is 52.2 Å². The predicted octanol–water partition coefficient (Wildman–Crippen LogP) is 5.28. The van der Waals surface area contributed by atoms with Crippen LogP contribution >= 0.6 is 0 Å². The van der Waals surface area contributed by atoms with Gasteiger partial charge in [0.25, 0.3) is 10.0 Å². The molecular formula is C32H39N3O4S. The summed E-state index contributed by atoms with van der Waals surface area (Å²) in [4.78, 5) is 29.0. The normalized spacial score (nSPS) is 14.5. The van der Waals surface area contributed by atoms with Crippen LogP contribution in [0.15, 0.2) is 77.7 Å². The van der Waals surface area contributed by atoms with Crippen LogP contribution in [0.2, 0.25) is 0 Å². The Kier molecular flexibility index (Phi) is 9.30. The fourth-order valence-electron chi connectivity index (χ4n) is 5.11. The molecule has 1 fully saturated rings. The van der Waals surface area contributed by atoms with E-state index in [-0.39, 0.29) is 23.4 Å². The van der Waals surface area contributed by atoms with Gasteiger partial charge < -0.3 is 10.2 Å². The van der Waals surface area contributed by atoms with Crippen molar-refractivity contribution in [3.8, 4) is 0 Å². The molecule has 212 valence electrons. The molecule has 8 heteroatoms. The van der Waals surface area contributed by atoms with E-state index in [2.05, 4.69) is 5.32 Å². The summed E-state index contributed by atoms with van der Waals surface area (Å²) < 4.78 is 29.0. The molecule has 1 N–H and O–H groups in total. The fraction of sp³-hybridized carbons (Fsp3) is 0.375. The quantitative estimate of drug-likeness (QED) is 0.365. The molecule has 1 atom stereocenters. The van der Waals surface area contributed by atoms with Gasteiger partial charge in [0.05, 0.1) is 10.6 Å². The number of rotatable bonds is 10. The molecule has 1 aliphatic rings. The van der Waals surface area contributed by atoms with Crippen molar-refractivity contribution in [1.29, 1.82) is 0 Å². The predicted molar refractivity (Wildman–Crippen MR) is 158 cm³/mol. The van der Waals surface area contributed by atoms with Crippen LogP contribution in [-0.2, 0) is 26.2 Å². The first kappa shape index (κ1) is 29.3. The van der Waals surface area contributed by atoms with Crippen molar-refractivity contribution in [3.63, 3.8) is 0 Å². The zero-order chi connectivity index (χ0) is 28.9. The average molecular weight is 562 g/mol. The van der Waals surface area contributed by atoms with E-state index in [0.29, 0.717) is 5.69 Å². The van der Waals surface area contributed by atoms with Crippen LogP contribution in [0, 0.1) is 20.8 Å². The number of benzene rings is 3. The Balaban J connectivity index is 1.69. The van der Waals surface area contributed by atoms with Gasteiger partial charge in [-0.2, -0.15) is 0 Å². The molecule has 0 aliphatic heterocycles. The third-order valence-corrected chi connectivity index (χ3v) is 9.48. The standard InChI is InChI=1S/C32H39N3O4S/c1-23-11-10-12-27(19-23)21-34(26(4)32(37)33-28-13-8-9-14-28)31(36)22-35(29-18-17-24(2)25(3)20-29)40(38,39)30-15-6-5-7-16-30/h5-7,10-12,15-20,26,28H,8-9,13-14,21-22H2,1-4H3,(H,33,37)/t26-/m1/s1. The van der Waals surface area contributed by atoms with Crippen molar-refractivity contribution in [3.05, 3.63) is 95.1 Å². The van der Waals surface area contributed by atoms with Crippen molar-refractivity contribution < 1.29 is 18.0 Å². The summed E-state index contributed by atoms with van der Waals surface area (Å²) in [7, 11) is -4.07. The van der Waals surface area contributed by atoms with E-state index in [1.807, 2.05) is 51.1 Å². The van der Waals surface area contributed by atoms with Crippen molar-refractivity contribution in [1.82, 2.24) is 10.2 Å². The van der Waals surface area contributed by atoms with Crippen molar-refractivity contribution in [2.75, 3.05) is 10.8 Å². The van der Waals surface area contributed by atoms with Gasteiger partial charge >= 0.3 is 0 Å². The molecule has 40 heavy (non-hydrogen) atoms. The van der Waals surface area contributed by atoms with Gasteiger partial charge in [-0.15, -0.1) is 0 Å². The zero-order valence-corrected chi connectivity index (χ0v) is 24.6. The summed E-state index contributed by atoms with van der Waals surface area (Å²) in [5.41, 5.74) is 4.25. The van der Waals surface area contributed by atoms with Crippen LogP contribution in [-0.4, -0.2) is 43.8 Å². The third-order valence-electron chi connectivity index (χ3n) is 7.69. The minimum atomic E-state index is -4.07. The van der Waals surface area contributed by atoms with Gasteiger partial charge in [0.15, 0.2) is 0 Å². The minimum absolute atomic E-state index is 0.0956. The van der Waals surface area contributed by atoms with Gasteiger partial charge in [-0.3, -0.25) is 13.9 Å². The second-order valence-electron chi connectivity index (χ2n) is 10.8. The number of sulfonamides is 1. The summed E-state index contributed by atoms with van der Waals surface area (Å²) in [6.07, 6.45) is 4.02. The van der Waals surface area contributed by atoms with Gasteiger partial charge in [-0.05, 0) is 81.5 Å². The molecule has 2 amide bonds. The molecule has 0 heterocycles. The van der Waals surface area contributed by atoms with Gasteiger partial charge in [-0.1, -0.05) is 66.9 Å². The maximum Gasteiger partial charge on any atom is 0.264 e. The Labute approximate surface area is 238 Å². The van der Waals surface area contributed by atoms with Crippen LogP contribution in [0.3, 0.4) is 0 Å². The van der Waals surface area contributed by atoms with E-state index in [1.54, 1.807) is 37.3 Å². The summed E-state index contributed by atoms with van der Waals surface area (Å²) in [5.74, 6) is -0.676. The lowest BCUT2D eigenvalue weighted by atomic mass is 10.1. The molecule has 4 rings (SSSR count). The summed E-state index contributed by atoms with van der Waals surface area (Å²) in [6.45, 7) is 7.30. The number of anilines is 1. The SMILES string of the molecule is Cc1cccc(CN(C(=O)CN(c2ccc(C)c(C)c2)S(=O)(=O)c2ccccc2)[C@H](C)C(=O)NC2CCCC2)c1. The number of amides is 2. The van der Waals surface area contributed by atoms with Crippen LogP contribution in [0.4, 0.5) is 5.69 Å². The molecule has 3 aromatic rings. The minimum Gasteiger partial charge on any atom is -0.352 e.